The fourth-order valence-electron chi connectivity index (χ4n) is 3.29. The molecule has 1 N–H and O–H groups in total. The normalized spacial score (nSPS) is 15.5. The summed E-state index contributed by atoms with van der Waals surface area (Å²) in [7, 11) is -3.68. The van der Waals surface area contributed by atoms with Gasteiger partial charge in [-0.1, -0.05) is 35.7 Å². The number of halogens is 1. The van der Waals surface area contributed by atoms with Crippen LogP contribution in [0.4, 0.5) is 5.69 Å². The molecular formula is C20H23ClN2O3S. The molecular weight excluding hydrogens is 384 g/mol. The highest BCUT2D eigenvalue weighted by molar-refractivity contribution is 7.89. The quantitative estimate of drug-likeness (QED) is 0.819. The molecule has 1 aliphatic rings. The van der Waals surface area contributed by atoms with Crippen molar-refractivity contribution in [3.63, 3.8) is 0 Å². The summed E-state index contributed by atoms with van der Waals surface area (Å²) in [5, 5.41) is 2.94. The van der Waals surface area contributed by atoms with Crippen molar-refractivity contribution in [2.75, 3.05) is 18.4 Å². The monoisotopic (exact) mass is 406 g/mol. The number of nitrogens with one attached hydrogen (secondary N) is 1. The molecule has 0 spiro atoms. The topological polar surface area (TPSA) is 66.5 Å². The lowest BCUT2D eigenvalue weighted by Gasteiger charge is -2.26. The van der Waals surface area contributed by atoms with Crippen LogP contribution in [0.25, 0.3) is 0 Å². The Morgan fingerprint density at radius 1 is 1.04 bits per heavy atom. The molecule has 0 bridgehead atoms. The fraction of sp³-hybridized carbons (Fsp3) is 0.350. The number of benzene rings is 2. The number of amides is 1. The van der Waals surface area contributed by atoms with Gasteiger partial charge in [-0.15, -0.1) is 0 Å². The summed E-state index contributed by atoms with van der Waals surface area (Å²) >= 11 is 6.18. The van der Waals surface area contributed by atoms with Crippen molar-refractivity contribution in [2.24, 2.45) is 0 Å². The molecule has 0 aliphatic carbocycles. The van der Waals surface area contributed by atoms with Crippen LogP contribution in [0.15, 0.2) is 41.3 Å². The maximum absolute atomic E-state index is 12.9. The minimum atomic E-state index is -3.68. The van der Waals surface area contributed by atoms with Gasteiger partial charge in [0, 0.05) is 24.3 Å². The van der Waals surface area contributed by atoms with E-state index in [1.165, 1.54) is 16.4 Å². The zero-order chi connectivity index (χ0) is 19.6. The van der Waals surface area contributed by atoms with E-state index in [2.05, 4.69) is 5.32 Å². The van der Waals surface area contributed by atoms with E-state index in [-0.39, 0.29) is 15.8 Å². The Hall–Kier alpha value is -1.89. The summed E-state index contributed by atoms with van der Waals surface area (Å²) in [6, 6.07) is 10.1. The van der Waals surface area contributed by atoms with Crippen LogP contribution >= 0.6 is 11.6 Å². The van der Waals surface area contributed by atoms with Crippen molar-refractivity contribution in [3.05, 3.63) is 58.1 Å². The summed E-state index contributed by atoms with van der Waals surface area (Å²) < 4.78 is 27.3. The van der Waals surface area contributed by atoms with Crippen LogP contribution in [0, 0.1) is 13.8 Å². The first kappa shape index (κ1) is 19.9. The van der Waals surface area contributed by atoms with Gasteiger partial charge in [0.15, 0.2) is 0 Å². The van der Waals surface area contributed by atoms with Crippen LogP contribution in [-0.4, -0.2) is 31.7 Å². The minimum absolute atomic E-state index is 0.0319. The standard InChI is InChI=1S/C20H23ClN2O3S/c1-14-6-8-17(15(2)12-14)20(24)22-16-7-9-18(21)19(13-16)27(25,26)23-10-4-3-5-11-23/h6-9,12-13H,3-5,10-11H2,1-2H3,(H,22,24). The highest BCUT2D eigenvalue weighted by Crippen LogP contribution is 2.29. The average molecular weight is 407 g/mol. The maximum atomic E-state index is 12.9. The summed E-state index contributed by atoms with van der Waals surface area (Å²) in [5.74, 6) is -0.281. The number of hydrogen-bond donors (Lipinski definition) is 1. The molecule has 1 fully saturated rings. The van der Waals surface area contributed by atoms with Crippen molar-refractivity contribution in [1.29, 1.82) is 0 Å². The van der Waals surface area contributed by atoms with Crippen LogP contribution in [-0.2, 0) is 10.0 Å². The molecule has 5 nitrogen and oxygen atoms in total. The van der Waals surface area contributed by atoms with Crippen molar-refractivity contribution in [3.8, 4) is 0 Å². The number of anilines is 1. The highest BCUT2D eigenvalue weighted by atomic mass is 35.5. The van der Waals surface area contributed by atoms with Crippen LogP contribution < -0.4 is 5.32 Å². The lowest BCUT2D eigenvalue weighted by molar-refractivity contribution is 0.102. The molecule has 1 heterocycles. The summed E-state index contributed by atoms with van der Waals surface area (Å²) in [4.78, 5) is 12.6. The van der Waals surface area contributed by atoms with Gasteiger partial charge in [0.05, 0.1) is 5.02 Å². The third kappa shape index (κ3) is 4.34. The van der Waals surface area contributed by atoms with Crippen molar-refractivity contribution in [1.82, 2.24) is 4.31 Å². The third-order valence-corrected chi connectivity index (χ3v) is 7.13. The van der Waals surface area contributed by atoms with E-state index in [0.29, 0.717) is 24.3 Å². The lowest BCUT2D eigenvalue weighted by atomic mass is 10.1. The average Bonchev–Trinajstić information content (AvgIpc) is 2.63. The molecule has 144 valence electrons. The molecule has 0 atom stereocenters. The molecule has 7 heteroatoms. The van der Waals surface area contributed by atoms with Gasteiger partial charge >= 0.3 is 0 Å². The molecule has 0 aromatic heterocycles. The Bertz CT molecular complexity index is 967. The van der Waals surface area contributed by atoms with Crippen LogP contribution in [0.2, 0.25) is 5.02 Å². The van der Waals surface area contributed by atoms with Crippen molar-refractivity contribution >= 4 is 33.2 Å². The second kappa shape index (κ2) is 8.00. The summed E-state index contributed by atoms with van der Waals surface area (Å²) in [6.45, 7) is 4.83. The van der Waals surface area contributed by atoms with E-state index < -0.39 is 10.0 Å². The van der Waals surface area contributed by atoms with Gasteiger partial charge in [-0.2, -0.15) is 4.31 Å². The Morgan fingerprint density at radius 2 is 1.74 bits per heavy atom. The zero-order valence-corrected chi connectivity index (χ0v) is 17.0. The number of nitrogens with zero attached hydrogens (tertiary/aromatic N) is 1. The number of sulfonamides is 1. The lowest BCUT2D eigenvalue weighted by Crippen LogP contribution is -2.35. The maximum Gasteiger partial charge on any atom is 0.255 e. The second-order valence-electron chi connectivity index (χ2n) is 6.88. The number of hydrogen-bond acceptors (Lipinski definition) is 3. The smallest absolute Gasteiger partial charge is 0.255 e. The first-order valence-electron chi connectivity index (χ1n) is 8.97. The molecule has 0 saturated carbocycles. The Morgan fingerprint density at radius 3 is 2.41 bits per heavy atom. The fourth-order valence-corrected chi connectivity index (χ4v) is 5.31. The van der Waals surface area contributed by atoms with Crippen LogP contribution in [0.5, 0.6) is 0 Å². The first-order valence-corrected chi connectivity index (χ1v) is 10.8. The van der Waals surface area contributed by atoms with Gasteiger partial charge < -0.3 is 5.32 Å². The predicted molar refractivity (Wildman–Crippen MR) is 108 cm³/mol. The number of piperidine rings is 1. The molecule has 2 aromatic rings. The largest absolute Gasteiger partial charge is 0.322 e. The molecule has 1 aliphatic heterocycles. The number of rotatable bonds is 4. The Labute approximate surface area is 165 Å². The molecule has 0 unspecified atom stereocenters. The molecule has 3 rings (SSSR count). The molecule has 1 amide bonds. The Kier molecular flexibility index (Phi) is 5.89. The number of carbonyl (C=O) groups is 1. The zero-order valence-electron chi connectivity index (χ0n) is 15.5. The van der Waals surface area contributed by atoms with Gasteiger partial charge in [0.2, 0.25) is 10.0 Å². The predicted octanol–water partition coefficient (Wildman–Crippen LogP) is 4.38. The number of carbonyl (C=O) groups excluding carboxylic acids is 1. The van der Waals surface area contributed by atoms with Gasteiger partial charge in [0.1, 0.15) is 4.90 Å². The van der Waals surface area contributed by atoms with Gasteiger partial charge in [0.25, 0.3) is 5.91 Å². The molecule has 2 aromatic carbocycles. The molecule has 0 radical (unpaired) electrons. The summed E-state index contributed by atoms with van der Waals surface area (Å²) in [6.07, 6.45) is 2.73. The third-order valence-electron chi connectivity index (χ3n) is 4.75. The van der Waals surface area contributed by atoms with E-state index in [1.54, 1.807) is 12.1 Å². The molecule has 27 heavy (non-hydrogen) atoms. The second-order valence-corrected chi connectivity index (χ2v) is 9.20. The SMILES string of the molecule is Cc1ccc(C(=O)Nc2ccc(Cl)c(S(=O)(=O)N3CCCCC3)c2)c(C)c1. The van der Waals surface area contributed by atoms with E-state index in [4.69, 9.17) is 11.6 Å². The van der Waals surface area contributed by atoms with Crippen LogP contribution in [0.3, 0.4) is 0 Å². The summed E-state index contributed by atoms with van der Waals surface area (Å²) in [5.41, 5.74) is 2.89. The highest BCUT2D eigenvalue weighted by Gasteiger charge is 2.28. The van der Waals surface area contributed by atoms with Gasteiger partial charge in [-0.25, -0.2) is 8.42 Å². The van der Waals surface area contributed by atoms with Crippen LogP contribution in [0.1, 0.15) is 40.7 Å². The van der Waals surface area contributed by atoms with E-state index in [0.717, 1.165) is 30.4 Å². The van der Waals surface area contributed by atoms with Gasteiger partial charge in [-0.3, -0.25) is 4.79 Å². The van der Waals surface area contributed by atoms with Gasteiger partial charge in [-0.05, 0) is 56.5 Å². The van der Waals surface area contributed by atoms with Crippen molar-refractivity contribution in [2.45, 2.75) is 38.0 Å². The van der Waals surface area contributed by atoms with E-state index in [9.17, 15) is 13.2 Å². The van der Waals surface area contributed by atoms with Crippen molar-refractivity contribution < 1.29 is 13.2 Å². The van der Waals surface area contributed by atoms with E-state index >= 15 is 0 Å². The Balaban J connectivity index is 1.88. The number of aryl methyl sites for hydroxylation is 2. The molecule has 1 saturated heterocycles. The van der Waals surface area contributed by atoms with E-state index in [1.807, 2.05) is 26.0 Å². The minimum Gasteiger partial charge on any atom is -0.322 e. The first-order chi connectivity index (χ1) is 12.8.